The molecule has 0 amide bonds. The number of unbranched alkanes of at least 4 members (excludes halogenated alkanes) is 2. The molecule has 0 aromatic heterocycles. The van der Waals surface area contributed by atoms with Crippen molar-refractivity contribution in [3.63, 3.8) is 0 Å². The van der Waals surface area contributed by atoms with Gasteiger partial charge in [-0.3, -0.25) is 4.79 Å². The number of ketones is 1. The van der Waals surface area contributed by atoms with E-state index in [1.54, 1.807) is 0 Å². The lowest BCUT2D eigenvalue weighted by Crippen LogP contribution is -2.31. The fourth-order valence-corrected chi connectivity index (χ4v) is 7.18. The quantitative estimate of drug-likeness (QED) is 0.562. The van der Waals surface area contributed by atoms with Crippen LogP contribution in [0.4, 0.5) is 13.2 Å². The molecule has 0 aromatic rings. The molecule has 21 heavy (non-hydrogen) atoms. The van der Waals surface area contributed by atoms with E-state index in [-0.39, 0.29) is 23.0 Å². The molecule has 0 N–H and O–H groups in total. The van der Waals surface area contributed by atoms with Crippen LogP contribution in [-0.4, -0.2) is 37.0 Å². The third-order valence-electron chi connectivity index (χ3n) is 2.72. The molecule has 0 heterocycles. The van der Waals surface area contributed by atoms with Crippen molar-refractivity contribution in [2.45, 2.75) is 52.0 Å². The van der Waals surface area contributed by atoms with E-state index < -0.39 is 25.9 Å². The number of carbonyl (C=O) groups excluding carboxylic acids is 1. The Bertz CT molecular complexity index is 424. The Labute approximate surface area is 126 Å². The minimum absolute atomic E-state index is 0.193. The molecule has 128 valence electrons. The molecule has 0 atom stereocenters. The summed E-state index contributed by atoms with van der Waals surface area (Å²) in [5, 5.41) is 0. The zero-order valence-electron chi connectivity index (χ0n) is 12.5. The van der Waals surface area contributed by atoms with E-state index in [4.69, 9.17) is 0 Å². The maximum atomic E-state index is 12.6. The largest absolute Gasteiger partial charge is 0.523 e. The van der Waals surface area contributed by atoms with E-state index in [9.17, 15) is 26.4 Å². The summed E-state index contributed by atoms with van der Waals surface area (Å²) in [5.74, 6) is -0.214. The first kappa shape index (κ1) is 20.7. The highest BCUT2D eigenvalue weighted by Crippen LogP contribution is 2.54. The maximum absolute atomic E-state index is 12.6. The second-order valence-corrected chi connectivity index (χ2v) is 9.85. The molecule has 0 saturated carbocycles. The SMILES string of the molecule is CCCCS(CCCC)(CC(C)=O)OS(=O)(=O)C(F)(F)F. The van der Waals surface area contributed by atoms with Crippen molar-refractivity contribution in [3.8, 4) is 0 Å². The Balaban J connectivity index is 5.46. The summed E-state index contributed by atoms with van der Waals surface area (Å²) in [4.78, 5) is 11.4. The highest BCUT2D eigenvalue weighted by atomic mass is 32.3. The number of halogens is 3. The molecule has 0 aliphatic carbocycles. The van der Waals surface area contributed by atoms with Gasteiger partial charge in [0.05, 0.1) is 5.75 Å². The number of carbonyl (C=O) groups is 1. The summed E-state index contributed by atoms with van der Waals surface area (Å²) in [7, 11) is -8.30. The molecule has 0 unspecified atom stereocenters. The van der Waals surface area contributed by atoms with Gasteiger partial charge < -0.3 is 0 Å². The van der Waals surface area contributed by atoms with Crippen LogP contribution in [0.15, 0.2) is 0 Å². The predicted molar refractivity (Wildman–Crippen MR) is 78.7 cm³/mol. The number of hydrogen-bond donors (Lipinski definition) is 0. The van der Waals surface area contributed by atoms with Crippen molar-refractivity contribution < 1.29 is 30.0 Å². The molecule has 0 aliphatic heterocycles. The number of hydrogen-bond acceptors (Lipinski definition) is 4. The summed E-state index contributed by atoms with van der Waals surface area (Å²) in [6.07, 6.45) is 2.43. The zero-order chi connectivity index (χ0) is 16.7. The Morgan fingerprint density at radius 2 is 1.48 bits per heavy atom. The van der Waals surface area contributed by atoms with E-state index in [2.05, 4.69) is 3.63 Å². The molecule has 0 fully saturated rings. The molecule has 0 aliphatic rings. The Kier molecular flexibility index (Phi) is 8.27. The minimum Gasteiger partial charge on any atom is -0.299 e. The first-order valence-electron chi connectivity index (χ1n) is 6.78. The van der Waals surface area contributed by atoms with Crippen LogP contribution in [0.5, 0.6) is 0 Å². The van der Waals surface area contributed by atoms with E-state index in [1.165, 1.54) is 6.92 Å². The Morgan fingerprint density at radius 3 is 1.76 bits per heavy atom. The third kappa shape index (κ3) is 7.01. The van der Waals surface area contributed by atoms with Gasteiger partial charge in [-0.2, -0.15) is 21.6 Å². The van der Waals surface area contributed by atoms with Gasteiger partial charge in [0.2, 0.25) is 0 Å². The van der Waals surface area contributed by atoms with Gasteiger partial charge in [-0.25, -0.2) is 3.63 Å². The third-order valence-corrected chi connectivity index (χ3v) is 8.16. The van der Waals surface area contributed by atoms with Crippen LogP contribution in [0.3, 0.4) is 0 Å². The van der Waals surface area contributed by atoms with Crippen LogP contribution in [0.2, 0.25) is 0 Å². The average Bonchev–Trinajstić information content (AvgIpc) is 2.31. The van der Waals surface area contributed by atoms with E-state index >= 15 is 0 Å². The van der Waals surface area contributed by atoms with Gasteiger partial charge >= 0.3 is 15.6 Å². The van der Waals surface area contributed by atoms with E-state index in [0.717, 1.165) is 0 Å². The number of Topliss-reactive ketones (excluding diaryl/α,β-unsaturated/α-hetero) is 1. The molecule has 0 rings (SSSR count). The van der Waals surface area contributed by atoms with Gasteiger partial charge in [-0.05, 0) is 19.8 Å². The highest BCUT2D eigenvalue weighted by molar-refractivity contribution is 8.33. The van der Waals surface area contributed by atoms with Gasteiger partial charge in [0.15, 0.2) is 0 Å². The molecule has 0 radical (unpaired) electrons. The lowest BCUT2D eigenvalue weighted by molar-refractivity contribution is -0.114. The van der Waals surface area contributed by atoms with Gasteiger partial charge in [0.1, 0.15) is 5.78 Å². The monoisotopic (exact) mass is 352 g/mol. The number of rotatable bonds is 10. The molecule has 0 saturated heterocycles. The zero-order valence-corrected chi connectivity index (χ0v) is 14.2. The lowest BCUT2D eigenvalue weighted by atomic mass is 10.4. The van der Waals surface area contributed by atoms with E-state index in [1.807, 2.05) is 13.8 Å². The minimum atomic E-state index is -5.68. The van der Waals surface area contributed by atoms with Crippen molar-refractivity contribution >= 4 is 26.2 Å². The Morgan fingerprint density at radius 1 is 1.05 bits per heavy atom. The molecule has 0 spiro atoms. The van der Waals surface area contributed by atoms with Crippen LogP contribution in [0.1, 0.15) is 46.5 Å². The van der Waals surface area contributed by atoms with Crippen LogP contribution < -0.4 is 0 Å². The topological polar surface area (TPSA) is 60.4 Å². The second-order valence-electron chi connectivity index (χ2n) is 4.90. The van der Waals surface area contributed by atoms with E-state index in [0.29, 0.717) is 25.7 Å². The van der Waals surface area contributed by atoms with Crippen molar-refractivity contribution in [2.24, 2.45) is 0 Å². The summed E-state index contributed by atoms with van der Waals surface area (Å²) in [6, 6.07) is 0. The average molecular weight is 352 g/mol. The van der Waals surface area contributed by atoms with Crippen molar-refractivity contribution in [3.05, 3.63) is 0 Å². The van der Waals surface area contributed by atoms with Crippen LogP contribution in [0, 0.1) is 0 Å². The predicted octanol–water partition coefficient (Wildman–Crippen LogP) is 3.76. The smallest absolute Gasteiger partial charge is 0.299 e. The fraction of sp³-hybridized carbons (Fsp3) is 0.917. The van der Waals surface area contributed by atoms with Crippen LogP contribution in [-0.2, 0) is 18.5 Å². The maximum Gasteiger partial charge on any atom is 0.523 e. The molecule has 0 aromatic carbocycles. The van der Waals surface area contributed by atoms with Gasteiger partial charge in [-0.1, -0.05) is 26.7 Å². The van der Waals surface area contributed by atoms with Crippen molar-refractivity contribution in [1.29, 1.82) is 0 Å². The van der Waals surface area contributed by atoms with Gasteiger partial charge in [0, 0.05) is 11.5 Å². The lowest BCUT2D eigenvalue weighted by Gasteiger charge is -2.37. The summed E-state index contributed by atoms with van der Waals surface area (Å²) >= 11 is 0. The Hall–Kier alpha value is -0.280. The molecule has 4 nitrogen and oxygen atoms in total. The molecule has 0 bridgehead atoms. The van der Waals surface area contributed by atoms with Crippen molar-refractivity contribution in [2.75, 3.05) is 17.3 Å². The first-order chi connectivity index (χ1) is 9.49. The second kappa shape index (κ2) is 8.38. The normalized spacial score (nSPS) is 14.2. The van der Waals surface area contributed by atoms with Crippen molar-refractivity contribution in [1.82, 2.24) is 0 Å². The molecule has 9 heteroatoms. The van der Waals surface area contributed by atoms with Crippen LogP contribution >= 0.6 is 10.3 Å². The standard InChI is InChI=1S/C12H23F3O4S2/c1-4-6-8-20(9-7-5-2,10-11(3)16)19-21(17,18)12(13,14)15/h4-10H2,1-3H3. The first-order valence-corrected chi connectivity index (χ1v) is 10.2. The summed E-state index contributed by atoms with van der Waals surface area (Å²) in [5.41, 5.74) is -5.46. The molecular formula is C12H23F3O4S2. The molecular weight excluding hydrogens is 329 g/mol. The van der Waals surface area contributed by atoms with Crippen LogP contribution in [0.25, 0.3) is 0 Å². The summed E-state index contributed by atoms with van der Waals surface area (Å²) < 4.78 is 65.0. The highest BCUT2D eigenvalue weighted by Gasteiger charge is 2.50. The number of alkyl halides is 3. The van der Waals surface area contributed by atoms with Gasteiger partial charge in [0.25, 0.3) is 0 Å². The summed E-state index contributed by atoms with van der Waals surface area (Å²) in [6.45, 7) is 4.93. The fourth-order valence-electron chi connectivity index (χ4n) is 1.75. The van der Waals surface area contributed by atoms with Gasteiger partial charge in [-0.15, -0.1) is 10.3 Å².